The van der Waals surface area contributed by atoms with Crippen molar-refractivity contribution in [1.29, 1.82) is 0 Å². The predicted molar refractivity (Wildman–Crippen MR) is 101 cm³/mol. The third-order valence-corrected chi connectivity index (χ3v) is 3.86. The van der Waals surface area contributed by atoms with E-state index in [-0.39, 0.29) is 5.69 Å². The molecule has 0 unspecified atom stereocenters. The summed E-state index contributed by atoms with van der Waals surface area (Å²) in [5.41, 5.74) is 2.14. The number of hydrogen-bond acceptors (Lipinski definition) is 4. The van der Waals surface area contributed by atoms with Crippen LogP contribution in [0.15, 0.2) is 54.6 Å². The van der Waals surface area contributed by atoms with Gasteiger partial charge in [0.15, 0.2) is 0 Å². The number of rotatable bonds is 4. The molecule has 2 N–H and O–H groups in total. The fraction of sp³-hybridized carbons (Fsp3) is 0.0556. The Bertz CT molecular complexity index is 916. The summed E-state index contributed by atoms with van der Waals surface area (Å²) in [6, 6.07) is 15.9. The van der Waals surface area contributed by atoms with Gasteiger partial charge in [0, 0.05) is 16.4 Å². The van der Waals surface area contributed by atoms with E-state index in [2.05, 4.69) is 20.6 Å². The van der Waals surface area contributed by atoms with Crippen molar-refractivity contribution in [3.8, 4) is 0 Å². The van der Waals surface area contributed by atoms with E-state index in [0.717, 1.165) is 5.69 Å². The van der Waals surface area contributed by atoms with Gasteiger partial charge >= 0.3 is 0 Å². The molecule has 0 saturated carbocycles. The Balaban J connectivity index is 1.84. The Morgan fingerprint density at radius 2 is 1.76 bits per heavy atom. The highest BCUT2D eigenvalue weighted by Crippen LogP contribution is 2.26. The average Bonchev–Trinajstić information content (AvgIpc) is 2.58. The second kappa shape index (κ2) is 7.51. The minimum absolute atomic E-state index is 0.224. The van der Waals surface area contributed by atoms with E-state index in [1.165, 1.54) is 0 Å². The molecule has 0 radical (unpaired) electrons. The Labute approximate surface area is 155 Å². The first-order valence-corrected chi connectivity index (χ1v) is 8.21. The van der Waals surface area contributed by atoms with Crippen LogP contribution in [0.25, 0.3) is 0 Å². The van der Waals surface area contributed by atoms with Gasteiger partial charge in [-0.05, 0) is 43.3 Å². The molecular formula is C18H14Cl2N4O. The van der Waals surface area contributed by atoms with Crippen LogP contribution >= 0.6 is 23.2 Å². The van der Waals surface area contributed by atoms with Crippen molar-refractivity contribution in [3.05, 3.63) is 76.0 Å². The number of aromatic nitrogens is 2. The lowest BCUT2D eigenvalue weighted by Gasteiger charge is -2.10. The number of amides is 1. The molecule has 0 fully saturated rings. The van der Waals surface area contributed by atoms with Crippen LogP contribution in [0.5, 0.6) is 0 Å². The largest absolute Gasteiger partial charge is 0.324 e. The lowest BCUT2D eigenvalue weighted by molar-refractivity contribution is 0.102. The quantitative estimate of drug-likeness (QED) is 0.669. The van der Waals surface area contributed by atoms with Gasteiger partial charge in [-0.2, -0.15) is 0 Å². The first-order chi connectivity index (χ1) is 12.0. The molecule has 0 aliphatic rings. The summed E-state index contributed by atoms with van der Waals surface area (Å²) in [5.74, 6) is -0.0562. The van der Waals surface area contributed by atoms with Crippen LogP contribution in [0.3, 0.4) is 0 Å². The number of carbonyl (C=O) groups is 1. The third-order valence-electron chi connectivity index (χ3n) is 3.29. The van der Waals surface area contributed by atoms with Crippen LogP contribution in [0, 0.1) is 6.92 Å². The van der Waals surface area contributed by atoms with Crippen molar-refractivity contribution in [2.75, 3.05) is 10.6 Å². The van der Waals surface area contributed by atoms with Crippen molar-refractivity contribution in [3.63, 3.8) is 0 Å². The second-order valence-corrected chi connectivity index (χ2v) is 6.13. The van der Waals surface area contributed by atoms with Crippen LogP contribution < -0.4 is 10.6 Å². The first-order valence-electron chi connectivity index (χ1n) is 7.45. The molecule has 0 atom stereocenters. The Kier molecular flexibility index (Phi) is 5.16. The number of halogens is 2. The van der Waals surface area contributed by atoms with Crippen LogP contribution in [-0.2, 0) is 0 Å². The van der Waals surface area contributed by atoms with Gasteiger partial charge in [-0.1, -0.05) is 41.4 Å². The van der Waals surface area contributed by atoms with Crippen molar-refractivity contribution in [2.24, 2.45) is 0 Å². The van der Waals surface area contributed by atoms with Gasteiger partial charge in [-0.25, -0.2) is 9.97 Å². The highest BCUT2D eigenvalue weighted by molar-refractivity contribution is 6.35. The summed E-state index contributed by atoms with van der Waals surface area (Å²) in [5, 5.41) is 6.66. The number of carbonyl (C=O) groups excluding carboxylic acids is 1. The van der Waals surface area contributed by atoms with Crippen molar-refractivity contribution >= 4 is 46.4 Å². The molecule has 7 heteroatoms. The SMILES string of the molecule is Cc1cc(C(=O)Nc2cc(Cl)ccc2Cl)nc(Nc2ccccc2)n1. The summed E-state index contributed by atoms with van der Waals surface area (Å²) < 4.78 is 0. The molecular weight excluding hydrogens is 359 g/mol. The summed E-state index contributed by atoms with van der Waals surface area (Å²) in [6.45, 7) is 1.79. The molecule has 1 heterocycles. The number of anilines is 3. The number of nitrogens with one attached hydrogen (secondary N) is 2. The molecule has 3 rings (SSSR count). The minimum Gasteiger partial charge on any atom is -0.324 e. The fourth-order valence-electron chi connectivity index (χ4n) is 2.17. The molecule has 3 aromatic rings. The molecule has 5 nitrogen and oxygen atoms in total. The summed E-state index contributed by atoms with van der Waals surface area (Å²) in [6.07, 6.45) is 0. The second-order valence-electron chi connectivity index (χ2n) is 5.29. The average molecular weight is 373 g/mol. The zero-order chi connectivity index (χ0) is 17.8. The molecule has 1 aromatic heterocycles. The van der Waals surface area contributed by atoms with E-state index >= 15 is 0 Å². The maximum atomic E-state index is 12.5. The number of aryl methyl sites for hydroxylation is 1. The maximum Gasteiger partial charge on any atom is 0.274 e. The van der Waals surface area contributed by atoms with E-state index in [9.17, 15) is 4.79 Å². The summed E-state index contributed by atoms with van der Waals surface area (Å²) >= 11 is 12.0. The zero-order valence-corrected chi connectivity index (χ0v) is 14.8. The van der Waals surface area contributed by atoms with E-state index < -0.39 is 5.91 Å². The van der Waals surface area contributed by atoms with E-state index in [0.29, 0.717) is 27.4 Å². The van der Waals surface area contributed by atoms with Crippen molar-refractivity contribution in [2.45, 2.75) is 6.92 Å². The summed E-state index contributed by atoms with van der Waals surface area (Å²) in [7, 11) is 0. The van der Waals surface area contributed by atoms with E-state index in [4.69, 9.17) is 23.2 Å². The Morgan fingerprint density at radius 1 is 1.00 bits per heavy atom. The lowest BCUT2D eigenvalue weighted by Crippen LogP contribution is -2.15. The molecule has 2 aromatic carbocycles. The van der Waals surface area contributed by atoms with Gasteiger partial charge in [0.1, 0.15) is 5.69 Å². The van der Waals surface area contributed by atoms with Crippen molar-refractivity contribution < 1.29 is 4.79 Å². The van der Waals surface area contributed by atoms with Crippen molar-refractivity contribution in [1.82, 2.24) is 9.97 Å². The standard InChI is InChI=1S/C18H14Cl2N4O/c1-11-9-16(17(25)23-15-10-12(19)7-8-14(15)20)24-18(21-11)22-13-5-3-2-4-6-13/h2-10H,1H3,(H,23,25)(H,21,22,24). The predicted octanol–water partition coefficient (Wildman–Crippen LogP) is 5.09. The highest BCUT2D eigenvalue weighted by Gasteiger charge is 2.13. The van der Waals surface area contributed by atoms with Gasteiger partial charge < -0.3 is 10.6 Å². The number of hydrogen-bond donors (Lipinski definition) is 2. The van der Waals surface area contributed by atoms with Gasteiger partial charge in [0.25, 0.3) is 5.91 Å². The molecule has 0 aliphatic carbocycles. The van der Waals surface area contributed by atoms with Crippen LogP contribution in [0.1, 0.15) is 16.2 Å². The molecule has 0 aliphatic heterocycles. The smallest absolute Gasteiger partial charge is 0.274 e. The minimum atomic E-state index is -0.397. The van der Waals surface area contributed by atoms with Gasteiger partial charge in [0.2, 0.25) is 5.95 Å². The molecule has 0 bridgehead atoms. The molecule has 126 valence electrons. The van der Waals surface area contributed by atoms with E-state index in [1.54, 1.807) is 31.2 Å². The van der Waals surface area contributed by atoms with Gasteiger partial charge in [-0.15, -0.1) is 0 Å². The molecule has 0 spiro atoms. The Hall–Kier alpha value is -2.63. The third kappa shape index (κ3) is 4.47. The molecule has 1 amide bonds. The lowest BCUT2D eigenvalue weighted by atomic mass is 10.2. The first kappa shape index (κ1) is 17.2. The summed E-state index contributed by atoms with van der Waals surface area (Å²) in [4.78, 5) is 21.1. The zero-order valence-electron chi connectivity index (χ0n) is 13.3. The number of nitrogens with zero attached hydrogens (tertiary/aromatic N) is 2. The van der Waals surface area contributed by atoms with Crippen LogP contribution in [-0.4, -0.2) is 15.9 Å². The van der Waals surface area contributed by atoms with Gasteiger partial charge in [0.05, 0.1) is 10.7 Å². The van der Waals surface area contributed by atoms with Crippen LogP contribution in [0.2, 0.25) is 10.0 Å². The van der Waals surface area contributed by atoms with Gasteiger partial charge in [-0.3, -0.25) is 4.79 Å². The monoisotopic (exact) mass is 372 g/mol. The van der Waals surface area contributed by atoms with E-state index in [1.807, 2.05) is 30.3 Å². The molecule has 25 heavy (non-hydrogen) atoms. The topological polar surface area (TPSA) is 66.9 Å². The normalized spacial score (nSPS) is 10.4. The highest BCUT2D eigenvalue weighted by atomic mass is 35.5. The number of benzene rings is 2. The number of para-hydroxylation sites is 1. The molecule has 0 saturated heterocycles. The maximum absolute atomic E-state index is 12.5. The Morgan fingerprint density at radius 3 is 2.52 bits per heavy atom. The fourth-order valence-corrected chi connectivity index (χ4v) is 2.51. The van der Waals surface area contributed by atoms with Crippen LogP contribution in [0.4, 0.5) is 17.3 Å².